The Balaban J connectivity index is 1.91. The minimum absolute atomic E-state index is 0.235. The van der Waals surface area contributed by atoms with Crippen molar-refractivity contribution in [3.8, 4) is 0 Å². The quantitative estimate of drug-likeness (QED) is 0.909. The molecular weight excluding hydrogens is 327 g/mol. The predicted molar refractivity (Wildman–Crippen MR) is 78.0 cm³/mol. The number of carbonyl (C=O) groups is 1. The highest BCUT2D eigenvalue weighted by molar-refractivity contribution is 9.10. The van der Waals surface area contributed by atoms with Crippen LogP contribution in [0.3, 0.4) is 0 Å². The summed E-state index contributed by atoms with van der Waals surface area (Å²) in [5.74, 6) is -1.02. The Morgan fingerprint density at radius 3 is 2.65 bits per heavy atom. The maximum Gasteiger partial charge on any atom is 0.320 e. The van der Waals surface area contributed by atoms with Crippen LogP contribution in [0.4, 0.5) is 4.39 Å². The lowest BCUT2D eigenvalue weighted by atomic mass is 10.1. The molecule has 1 aromatic carbocycles. The van der Waals surface area contributed by atoms with Gasteiger partial charge < -0.3 is 5.11 Å². The third-order valence-corrected chi connectivity index (χ3v) is 4.49. The van der Waals surface area contributed by atoms with Gasteiger partial charge in [-0.1, -0.05) is 15.9 Å². The van der Waals surface area contributed by atoms with Crippen molar-refractivity contribution in [1.82, 2.24) is 9.80 Å². The summed E-state index contributed by atoms with van der Waals surface area (Å²) in [6.45, 7) is 5.41. The minimum Gasteiger partial charge on any atom is -0.480 e. The van der Waals surface area contributed by atoms with E-state index in [0.717, 1.165) is 36.2 Å². The van der Waals surface area contributed by atoms with Crippen LogP contribution in [0, 0.1) is 5.82 Å². The van der Waals surface area contributed by atoms with Crippen LogP contribution in [0.25, 0.3) is 0 Å². The van der Waals surface area contributed by atoms with E-state index in [1.807, 2.05) is 4.90 Å². The van der Waals surface area contributed by atoms with Crippen LogP contribution < -0.4 is 0 Å². The molecule has 2 rings (SSSR count). The molecule has 4 nitrogen and oxygen atoms in total. The van der Waals surface area contributed by atoms with Gasteiger partial charge in [-0.15, -0.1) is 0 Å². The van der Waals surface area contributed by atoms with Crippen molar-refractivity contribution in [3.05, 3.63) is 34.1 Å². The first kappa shape index (κ1) is 15.4. The second-order valence-electron chi connectivity index (χ2n) is 5.06. The van der Waals surface area contributed by atoms with Gasteiger partial charge in [0, 0.05) is 37.2 Å². The van der Waals surface area contributed by atoms with E-state index in [-0.39, 0.29) is 5.82 Å². The number of benzene rings is 1. The summed E-state index contributed by atoms with van der Waals surface area (Å²) in [4.78, 5) is 15.1. The average molecular weight is 345 g/mol. The van der Waals surface area contributed by atoms with E-state index in [1.54, 1.807) is 13.0 Å². The Morgan fingerprint density at radius 1 is 1.40 bits per heavy atom. The number of piperazine rings is 1. The fourth-order valence-corrected chi connectivity index (χ4v) is 2.74. The van der Waals surface area contributed by atoms with Gasteiger partial charge in [-0.3, -0.25) is 14.6 Å². The Morgan fingerprint density at radius 2 is 2.05 bits per heavy atom. The van der Waals surface area contributed by atoms with E-state index in [9.17, 15) is 9.18 Å². The highest BCUT2D eigenvalue weighted by Gasteiger charge is 2.25. The van der Waals surface area contributed by atoms with Gasteiger partial charge in [0.25, 0.3) is 0 Å². The van der Waals surface area contributed by atoms with Crippen LogP contribution in [0.5, 0.6) is 0 Å². The number of hydrogen-bond donors (Lipinski definition) is 1. The van der Waals surface area contributed by atoms with Crippen LogP contribution in [0.15, 0.2) is 22.7 Å². The lowest BCUT2D eigenvalue weighted by molar-refractivity contribution is -0.143. The minimum atomic E-state index is -0.786. The van der Waals surface area contributed by atoms with Gasteiger partial charge in [0.05, 0.1) is 0 Å². The molecular formula is C14H18BrFN2O2. The summed E-state index contributed by atoms with van der Waals surface area (Å²) >= 11 is 3.43. The zero-order valence-corrected chi connectivity index (χ0v) is 12.9. The zero-order valence-electron chi connectivity index (χ0n) is 11.4. The molecule has 1 unspecified atom stereocenters. The maximum atomic E-state index is 13.2. The SMILES string of the molecule is CC(C(=O)O)N1CCN(Cc2cc(F)ccc2Br)CC1. The molecule has 0 saturated carbocycles. The van der Waals surface area contributed by atoms with Crippen molar-refractivity contribution in [1.29, 1.82) is 0 Å². The molecule has 0 bridgehead atoms. The number of halogens is 2. The topological polar surface area (TPSA) is 43.8 Å². The van der Waals surface area contributed by atoms with Crippen LogP contribution >= 0.6 is 15.9 Å². The van der Waals surface area contributed by atoms with Gasteiger partial charge in [0.2, 0.25) is 0 Å². The Kier molecular flexibility index (Phi) is 5.12. The molecule has 1 saturated heterocycles. The molecule has 1 aliphatic heterocycles. The van der Waals surface area contributed by atoms with E-state index < -0.39 is 12.0 Å². The van der Waals surface area contributed by atoms with Gasteiger partial charge in [0.15, 0.2) is 0 Å². The first-order valence-corrected chi connectivity index (χ1v) is 7.40. The smallest absolute Gasteiger partial charge is 0.320 e. The van der Waals surface area contributed by atoms with Crippen LogP contribution in [0.2, 0.25) is 0 Å². The van der Waals surface area contributed by atoms with E-state index in [4.69, 9.17) is 5.11 Å². The van der Waals surface area contributed by atoms with Gasteiger partial charge in [-0.25, -0.2) is 4.39 Å². The summed E-state index contributed by atoms with van der Waals surface area (Å²) < 4.78 is 14.1. The zero-order chi connectivity index (χ0) is 14.7. The molecule has 1 N–H and O–H groups in total. The summed E-state index contributed by atoms with van der Waals surface area (Å²) in [6.07, 6.45) is 0. The predicted octanol–water partition coefficient (Wildman–Crippen LogP) is 2.18. The van der Waals surface area contributed by atoms with Crippen LogP contribution in [0.1, 0.15) is 12.5 Å². The third-order valence-electron chi connectivity index (χ3n) is 3.71. The van der Waals surface area contributed by atoms with Gasteiger partial charge >= 0.3 is 5.97 Å². The summed E-state index contributed by atoms with van der Waals surface area (Å²) in [5.41, 5.74) is 0.921. The first-order chi connectivity index (χ1) is 9.47. The molecule has 0 spiro atoms. The van der Waals surface area contributed by atoms with E-state index in [0.29, 0.717) is 6.54 Å². The third kappa shape index (κ3) is 3.77. The molecule has 6 heteroatoms. The molecule has 0 aliphatic carbocycles. The van der Waals surface area contributed by atoms with Crippen LogP contribution in [-0.4, -0.2) is 53.1 Å². The Hall–Kier alpha value is -0.980. The summed E-state index contributed by atoms with van der Waals surface area (Å²) in [5, 5.41) is 9.00. The molecule has 1 atom stereocenters. The van der Waals surface area contributed by atoms with Crippen molar-refractivity contribution >= 4 is 21.9 Å². The number of hydrogen-bond acceptors (Lipinski definition) is 3. The second-order valence-corrected chi connectivity index (χ2v) is 5.92. The normalized spacial score (nSPS) is 18.9. The van der Waals surface area contributed by atoms with Crippen molar-refractivity contribution in [2.45, 2.75) is 19.5 Å². The highest BCUT2D eigenvalue weighted by atomic mass is 79.9. The molecule has 1 fully saturated rings. The number of rotatable bonds is 4. The van der Waals surface area contributed by atoms with Gasteiger partial charge in [-0.2, -0.15) is 0 Å². The largest absolute Gasteiger partial charge is 0.480 e. The second kappa shape index (κ2) is 6.65. The maximum absolute atomic E-state index is 13.2. The molecule has 0 radical (unpaired) electrons. The van der Waals surface area contributed by atoms with E-state index >= 15 is 0 Å². The molecule has 110 valence electrons. The molecule has 1 aliphatic rings. The monoisotopic (exact) mass is 344 g/mol. The summed E-state index contributed by atoms with van der Waals surface area (Å²) in [6, 6.07) is 4.24. The number of carboxylic acid groups (broad SMARTS) is 1. The standard InChI is InChI=1S/C14H18BrFN2O2/c1-10(14(19)20)18-6-4-17(5-7-18)9-11-8-12(16)2-3-13(11)15/h2-3,8,10H,4-7,9H2,1H3,(H,19,20). The molecule has 20 heavy (non-hydrogen) atoms. The first-order valence-electron chi connectivity index (χ1n) is 6.60. The number of aliphatic carboxylic acids is 1. The molecule has 0 amide bonds. The average Bonchev–Trinajstić information content (AvgIpc) is 2.43. The number of nitrogens with zero attached hydrogens (tertiary/aromatic N) is 2. The number of carboxylic acids is 1. The van der Waals surface area contributed by atoms with Crippen molar-refractivity contribution in [2.75, 3.05) is 26.2 Å². The summed E-state index contributed by atoms with van der Waals surface area (Å²) in [7, 11) is 0. The van der Waals surface area contributed by atoms with Crippen molar-refractivity contribution in [3.63, 3.8) is 0 Å². The van der Waals surface area contributed by atoms with Gasteiger partial charge in [0.1, 0.15) is 11.9 Å². The van der Waals surface area contributed by atoms with E-state index in [2.05, 4.69) is 20.8 Å². The van der Waals surface area contributed by atoms with E-state index in [1.165, 1.54) is 12.1 Å². The fraction of sp³-hybridized carbons (Fsp3) is 0.500. The molecule has 1 heterocycles. The fourth-order valence-electron chi connectivity index (χ4n) is 2.37. The van der Waals surface area contributed by atoms with Crippen molar-refractivity contribution in [2.24, 2.45) is 0 Å². The lowest BCUT2D eigenvalue weighted by Gasteiger charge is -2.36. The van der Waals surface area contributed by atoms with Crippen LogP contribution in [-0.2, 0) is 11.3 Å². The Labute approximate surface area is 126 Å². The van der Waals surface area contributed by atoms with Gasteiger partial charge in [-0.05, 0) is 30.7 Å². The highest BCUT2D eigenvalue weighted by Crippen LogP contribution is 2.20. The molecule has 0 aromatic heterocycles. The van der Waals surface area contributed by atoms with Crippen molar-refractivity contribution < 1.29 is 14.3 Å². The molecule has 1 aromatic rings. The lowest BCUT2D eigenvalue weighted by Crippen LogP contribution is -2.51. The Bertz CT molecular complexity index is 490.